The van der Waals surface area contributed by atoms with E-state index in [0.717, 1.165) is 31.2 Å². The Morgan fingerprint density at radius 1 is 1.22 bits per heavy atom. The summed E-state index contributed by atoms with van der Waals surface area (Å²) >= 11 is 11.8. The normalized spacial score (nSPS) is 12.4. The summed E-state index contributed by atoms with van der Waals surface area (Å²) < 4.78 is 0. The minimum absolute atomic E-state index is 0.411. The highest BCUT2D eigenvalue weighted by Crippen LogP contribution is 2.29. The van der Waals surface area contributed by atoms with Crippen molar-refractivity contribution in [2.75, 3.05) is 0 Å². The molecule has 0 saturated heterocycles. The number of hydrogen-bond acceptors (Lipinski definition) is 1. The summed E-state index contributed by atoms with van der Waals surface area (Å²) in [5.41, 5.74) is 0.730. The number of unbranched alkanes of at least 4 members (excludes halogenated alkanes) is 3. The van der Waals surface area contributed by atoms with Crippen LogP contribution >= 0.6 is 23.2 Å². The monoisotopic (exact) mass is 288 g/mol. The van der Waals surface area contributed by atoms with Crippen LogP contribution in [-0.4, -0.2) is 11.1 Å². The lowest BCUT2D eigenvalue weighted by molar-refractivity contribution is -0.139. The van der Waals surface area contributed by atoms with Gasteiger partial charge in [-0.25, -0.2) is 0 Å². The van der Waals surface area contributed by atoms with Crippen LogP contribution in [0.3, 0.4) is 0 Å². The minimum atomic E-state index is -0.801. The third-order valence-corrected chi connectivity index (χ3v) is 3.73. The lowest BCUT2D eigenvalue weighted by Crippen LogP contribution is -2.11. The molecule has 100 valence electrons. The molecular formula is C14H18Cl2O2. The fraction of sp³-hybridized carbons (Fsp3) is 0.500. The summed E-state index contributed by atoms with van der Waals surface area (Å²) in [4.78, 5) is 11.3. The quantitative estimate of drug-likeness (QED) is 0.706. The Kier molecular flexibility index (Phi) is 6.51. The molecule has 0 saturated carbocycles. The van der Waals surface area contributed by atoms with Gasteiger partial charge in [0.25, 0.3) is 0 Å². The maximum absolute atomic E-state index is 11.3. The predicted molar refractivity (Wildman–Crippen MR) is 75.6 cm³/mol. The van der Waals surface area contributed by atoms with Crippen molar-refractivity contribution < 1.29 is 9.90 Å². The third kappa shape index (κ3) is 4.51. The van der Waals surface area contributed by atoms with Crippen LogP contribution in [0.5, 0.6) is 0 Å². The van der Waals surface area contributed by atoms with Crippen molar-refractivity contribution in [1.29, 1.82) is 0 Å². The molecule has 0 fully saturated rings. The number of carboxylic acids is 1. The first-order valence-electron chi connectivity index (χ1n) is 6.24. The lowest BCUT2D eigenvalue weighted by atomic mass is 9.93. The molecule has 0 radical (unpaired) electrons. The van der Waals surface area contributed by atoms with Gasteiger partial charge in [0.05, 0.1) is 16.0 Å². The van der Waals surface area contributed by atoms with E-state index in [9.17, 15) is 9.90 Å². The van der Waals surface area contributed by atoms with Gasteiger partial charge < -0.3 is 5.11 Å². The van der Waals surface area contributed by atoms with Crippen LogP contribution in [0.2, 0.25) is 10.0 Å². The molecule has 18 heavy (non-hydrogen) atoms. The van der Waals surface area contributed by atoms with Crippen LogP contribution in [0.25, 0.3) is 0 Å². The van der Waals surface area contributed by atoms with Gasteiger partial charge in [-0.3, -0.25) is 4.79 Å². The van der Waals surface area contributed by atoms with Crippen LogP contribution in [0, 0.1) is 0 Å². The molecule has 0 spiro atoms. The predicted octanol–water partition coefficient (Wildman–Crippen LogP) is 5.13. The van der Waals surface area contributed by atoms with Gasteiger partial charge in [0.2, 0.25) is 0 Å². The van der Waals surface area contributed by atoms with Crippen molar-refractivity contribution in [3.05, 3.63) is 33.8 Å². The van der Waals surface area contributed by atoms with E-state index >= 15 is 0 Å². The first-order chi connectivity index (χ1) is 8.56. The topological polar surface area (TPSA) is 37.3 Å². The van der Waals surface area contributed by atoms with Gasteiger partial charge in [0.15, 0.2) is 0 Å². The second-order valence-electron chi connectivity index (χ2n) is 4.41. The molecule has 4 heteroatoms. The Balaban J connectivity index is 2.71. The lowest BCUT2D eigenvalue weighted by Gasteiger charge is -2.13. The van der Waals surface area contributed by atoms with Crippen molar-refractivity contribution in [2.24, 2.45) is 0 Å². The molecule has 1 N–H and O–H groups in total. The fourth-order valence-electron chi connectivity index (χ4n) is 1.94. The molecule has 2 nitrogen and oxygen atoms in total. The highest BCUT2D eigenvalue weighted by molar-refractivity contribution is 6.42. The molecule has 0 bridgehead atoms. The van der Waals surface area contributed by atoms with Crippen molar-refractivity contribution in [1.82, 2.24) is 0 Å². The first-order valence-corrected chi connectivity index (χ1v) is 6.99. The number of rotatable bonds is 7. The Morgan fingerprint density at radius 2 is 1.94 bits per heavy atom. The van der Waals surface area contributed by atoms with Gasteiger partial charge in [-0.15, -0.1) is 0 Å². The van der Waals surface area contributed by atoms with Crippen molar-refractivity contribution >= 4 is 29.2 Å². The molecule has 0 aliphatic rings. The molecule has 0 heterocycles. The average molecular weight is 289 g/mol. The average Bonchev–Trinajstić information content (AvgIpc) is 2.32. The molecule has 1 atom stereocenters. The van der Waals surface area contributed by atoms with E-state index in [4.69, 9.17) is 23.2 Å². The number of hydrogen-bond donors (Lipinski definition) is 1. The highest BCUT2D eigenvalue weighted by Gasteiger charge is 2.19. The molecule has 1 aromatic rings. The Bertz CT molecular complexity index is 405. The standard InChI is InChI=1S/C14H18Cl2O2/c1-2-3-4-5-6-11(14(17)18)10-7-8-12(15)13(16)9-10/h7-9,11H,2-6H2,1H3,(H,17,18). The summed E-state index contributed by atoms with van der Waals surface area (Å²) in [7, 11) is 0. The van der Waals surface area contributed by atoms with Crippen molar-refractivity contribution in [2.45, 2.75) is 44.9 Å². The SMILES string of the molecule is CCCCCCC(C(=O)O)c1ccc(Cl)c(Cl)c1. The highest BCUT2D eigenvalue weighted by atomic mass is 35.5. The third-order valence-electron chi connectivity index (χ3n) is 2.99. The van der Waals surface area contributed by atoms with E-state index in [2.05, 4.69) is 6.92 Å². The number of carboxylic acid groups (broad SMARTS) is 1. The zero-order chi connectivity index (χ0) is 13.5. The molecule has 0 amide bonds. The van der Waals surface area contributed by atoms with Crippen molar-refractivity contribution in [3.8, 4) is 0 Å². The van der Waals surface area contributed by atoms with E-state index in [-0.39, 0.29) is 0 Å². The summed E-state index contributed by atoms with van der Waals surface area (Å²) in [5.74, 6) is -1.29. The number of carbonyl (C=O) groups is 1. The summed E-state index contributed by atoms with van der Waals surface area (Å²) in [5, 5.41) is 10.1. The minimum Gasteiger partial charge on any atom is -0.481 e. The molecular weight excluding hydrogens is 271 g/mol. The Labute approximate surface area is 118 Å². The van der Waals surface area contributed by atoms with E-state index in [1.165, 1.54) is 0 Å². The van der Waals surface area contributed by atoms with Gasteiger partial charge in [-0.05, 0) is 24.1 Å². The van der Waals surface area contributed by atoms with E-state index < -0.39 is 11.9 Å². The Morgan fingerprint density at radius 3 is 2.50 bits per heavy atom. The summed E-state index contributed by atoms with van der Waals surface area (Å²) in [6.45, 7) is 2.13. The van der Waals surface area contributed by atoms with Crippen LogP contribution in [-0.2, 0) is 4.79 Å². The fourth-order valence-corrected chi connectivity index (χ4v) is 2.24. The molecule has 0 aliphatic carbocycles. The van der Waals surface area contributed by atoms with Gasteiger partial charge in [-0.2, -0.15) is 0 Å². The molecule has 1 unspecified atom stereocenters. The van der Waals surface area contributed by atoms with Crippen LogP contribution < -0.4 is 0 Å². The number of halogens is 2. The molecule has 0 aromatic heterocycles. The zero-order valence-corrected chi connectivity index (χ0v) is 12.0. The second kappa shape index (κ2) is 7.65. The van der Waals surface area contributed by atoms with Crippen LogP contribution in [0.15, 0.2) is 18.2 Å². The zero-order valence-electron chi connectivity index (χ0n) is 10.5. The van der Waals surface area contributed by atoms with Gasteiger partial charge >= 0.3 is 5.97 Å². The van der Waals surface area contributed by atoms with Crippen LogP contribution in [0.1, 0.15) is 50.5 Å². The second-order valence-corrected chi connectivity index (χ2v) is 5.23. The summed E-state index contributed by atoms with van der Waals surface area (Å²) in [6.07, 6.45) is 4.93. The van der Waals surface area contributed by atoms with E-state index in [1.54, 1.807) is 18.2 Å². The Hall–Kier alpha value is -0.730. The maximum atomic E-state index is 11.3. The van der Waals surface area contributed by atoms with Gasteiger partial charge in [0, 0.05) is 0 Å². The molecule has 0 aliphatic heterocycles. The smallest absolute Gasteiger partial charge is 0.310 e. The van der Waals surface area contributed by atoms with Crippen molar-refractivity contribution in [3.63, 3.8) is 0 Å². The number of aliphatic carboxylic acids is 1. The van der Waals surface area contributed by atoms with Gasteiger partial charge in [-0.1, -0.05) is 61.9 Å². The molecule has 1 rings (SSSR count). The number of benzene rings is 1. The summed E-state index contributed by atoms with van der Waals surface area (Å²) in [6, 6.07) is 5.05. The molecule has 1 aromatic carbocycles. The largest absolute Gasteiger partial charge is 0.481 e. The van der Waals surface area contributed by atoms with E-state index in [1.807, 2.05) is 0 Å². The van der Waals surface area contributed by atoms with Crippen LogP contribution in [0.4, 0.5) is 0 Å². The maximum Gasteiger partial charge on any atom is 0.310 e. The van der Waals surface area contributed by atoms with E-state index in [0.29, 0.717) is 16.5 Å². The van der Waals surface area contributed by atoms with Gasteiger partial charge in [0.1, 0.15) is 0 Å². The first kappa shape index (κ1) is 15.3.